The van der Waals surface area contributed by atoms with E-state index in [1.165, 1.54) is 0 Å². The van der Waals surface area contributed by atoms with Crippen molar-refractivity contribution in [2.24, 2.45) is 13.0 Å². The van der Waals surface area contributed by atoms with Gasteiger partial charge in [-0.15, -0.1) is 0 Å². The lowest BCUT2D eigenvalue weighted by Gasteiger charge is -2.08. The van der Waals surface area contributed by atoms with Gasteiger partial charge in [0.05, 0.1) is 29.5 Å². The van der Waals surface area contributed by atoms with Gasteiger partial charge in [-0.25, -0.2) is 4.98 Å². The van der Waals surface area contributed by atoms with Crippen molar-refractivity contribution >= 4 is 22.6 Å². The van der Waals surface area contributed by atoms with Crippen LogP contribution in [0, 0.1) is 5.92 Å². The maximum absolute atomic E-state index is 12.1. The van der Waals surface area contributed by atoms with Crippen LogP contribution in [-0.4, -0.2) is 25.2 Å². The lowest BCUT2D eigenvalue weighted by Crippen LogP contribution is -2.20. The highest BCUT2D eigenvalue weighted by atomic mass is 16.1. The number of aryl methyl sites for hydroxylation is 1. The second-order valence-electron chi connectivity index (χ2n) is 6.13. The Balaban J connectivity index is 1.48. The van der Waals surface area contributed by atoms with Crippen LogP contribution in [-0.2, 0) is 18.4 Å². The normalized spacial score (nSPS) is 14.5. The van der Waals surface area contributed by atoms with Crippen molar-refractivity contribution in [1.82, 2.24) is 19.3 Å². The van der Waals surface area contributed by atoms with Crippen LogP contribution in [0.4, 0.5) is 5.69 Å². The molecule has 122 valence electrons. The van der Waals surface area contributed by atoms with E-state index in [1.54, 1.807) is 10.9 Å². The summed E-state index contributed by atoms with van der Waals surface area (Å²) in [6, 6.07) is 8.05. The first-order valence-electron chi connectivity index (χ1n) is 8.09. The van der Waals surface area contributed by atoms with E-state index in [9.17, 15) is 4.79 Å². The number of aromatic nitrogens is 4. The number of carbonyl (C=O) groups is 1. The molecule has 0 aliphatic heterocycles. The lowest BCUT2D eigenvalue weighted by atomic mass is 10.1. The van der Waals surface area contributed by atoms with E-state index in [0.717, 1.165) is 35.4 Å². The summed E-state index contributed by atoms with van der Waals surface area (Å²) < 4.78 is 3.86. The fourth-order valence-electron chi connectivity index (χ4n) is 3.07. The van der Waals surface area contributed by atoms with Crippen LogP contribution in [0.2, 0.25) is 0 Å². The molecule has 0 bridgehead atoms. The second kappa shape index (κ2) is 5.96. The van der Waals surface area contributed by atoms with Gasteiger partial charge in [-0.2, -0.15) is 5.10 Å². The Morgan fingerprint density at radius 3 is 2.88 bits per heavy atom. The molecule has 2 heterocycles. The number of benzene rings is 1. The maximum Gasteiger partial charge on any atom is 0.228 e. The molecular formula is C18H19N5O. The molecule has 1 aliphatic rings. The van der Waals surface area contributed by atoms with Crippen molar-refractivity contribution in [1.29, 1.82) is 0 Å². The molecular weight excluding hydrogens is 302 g/mol. The number of hydrogen-bond donors (Lipinski definition) is 1. The molecule has 0 fully saturated rings. The summed E-state index contributed by atoms with van der Waals surface area (Å²) >= 11 is 0. The zero-order chi connectivity index (χ0) is 16.5. The zero-order valence-corrected chi connectivity index (χ0v) is 13.5. The third-order valence-electron chi connectivity index (χ3n) is 4.46. The van der Waals surface area contributed by atoms with Gasteiger partial charge in [0.15, 0.2) is 0 Å². The number of nitrogens with one attached hydrogen (secondary N) is 1. The van der Waals surface area contributed by atoms with E-state index in [2.05, 4.69) is 38.2 Å². The van der Waals surface area contributed by atoms with Crippen molar-refractivity contribution in [3.63, 3.8) is 0 Å². The average molecular weight is 321 g/mol. The number of carbonyl (C=O) groups excluding carboxylic acids is 1. The molecule has 0 spiro atoms. The lowest BCUT2D eigenvalue weighted by molar-refractivity contribution is -0.119. The topological polar surface area (TPSA) is 64.7 Å². The number of fused-ring (bicyclic) bond motifs is 1. The van der Waals surface area contributed by atoms with Crippen LogP contribution in [0.15, 0.2) is 48.8 Å². The van der Waals surface area contributed by atoms with Gasteiger partial charge in [-0.1, -0.05) is 24.3 Å². The van der Waals surface area contributed by atoms with E-state index in [0.29, 0.717) is 6.54 Å². The molecule has 1 aromatic carbocycles. The fraction of sp³-hybridized carbons (Fsp3) is 0.278. The third kappa shape index (κ3) is 2.71. The molecule has 3 aromatic rings. The van der Waals surface area contributed by atoms with Gasteiger partial charge in [0.25, 0.3) is 0 Å². The number of rotatable bonds is 4. The average Bonchev–Trinajstić information content (AvgIpc) is 3.30. The standard InChI is InChI=1S/C18H19N5O/c1-22-16-9-5-4-8-15(16)21-17(22)12-23-11-14(10-19-23)20-18(24)13-6-2-3-7-13/h2-5,8-11,13H,6-7,12H2,1H3,(H,20,24). The van der Waals surface area contributed by atoms with Gasteiger partial charge < -0.3 is 9.88 Å². The predicted octanol–water partition coefficient (Wildman–Crippen LogP) is 2.72. The quantitative estimate of drug-likeness (QED) is 0.752. The van der Waals surface area contributed by atoms with Crippen LogP contribution in [0.5, 0.6) is 0 Å². The summed E-state index contributed by atoms with van der Waals surface area (Å²) in [5.74, 6) is 1.03. The molecule has 0 atom stereocenters. The first-order valence-corrected chi connectivity index (χ1v) is 8.09. The summed E-state index contributed by atoms with van der Waals surface area (Å²) in [7, 11) is 2.00. The van der Waals surface area contributed by atoms with Gasteiger partial charge >= 0.3 is 0 Å². The summed E-state index contributed by atoms with van der Waals surface area (Å²) in [6.07, 6.45) is 9.28. The number of para-hydroxylation sites is 2. The number of nitrogens with zero attached hydrogens (tertiary/aromatic N) is 4. The molecule has 1 N–H and O–H groups in total. The Morgan fingerprint density at radius 2 is 2.08 bits per heavy atom. The maximum atomic E-state index is 12.1. The molecule has 6 nitrogen and oxygen atoms in total. The highest BCUT2D eigenvalue weighted by Crippen LogP contribution is 2.20. The van der Waals surface area contributed by atoms with Crippen molar-refractivity contribution < 1.29 is 4.79 Å². The third-order valence-corrected chi connectivity index (χ3v) is 4.46. The molecule has 0 saturated heterocycles. The number of amides is 1. The minimum Gasteiger partial charge on any atom is -0.330 e. The molecule has 2 aromatic heterocycles. The Kier molecular flexibility index (Phi) is 3.65. The summed E-state index contributed by atoms with van der Waals surface area (Å²) in [6.45, 7) is 0.562. The van der Waals surface area contributed by atoms with E-state index in [4.69, 9.17) is 0 Å². The van der Waals surface area contributed by atoms with Crippen LogP contribution in [0.3, 0.4) is 0 Å². The predicted molar refractivity (Wildman–Crippen MR) is 92.5 cm³/mol. The van der Waals surface area contributed by atoms with Gasteiger partial charge in [0, 0.05) is 19.2 Å². The Bertz CT molecular complexity index is 913. The Labute approximate surface area is 139 Å². The largest absolute Gasteiger partial charge is 0.330 e. The van der Waals surface area contributed by atoms with Crippen molar-refractivity contribution in [3.8, 4) is 0 Å². The molecule has 6 heteroatoms. The van der Waals surface area contributed by atoms with E-state index in [-0.39, 0.29) is 11.8 Å². The number of hydrogen-bond acceptors (Lipinski definition) is 3. The van der Waals surface area contributed by atoms with Crippen LogP contribution in [0.1, 0.15) is 18.7 Å². The van der Waals surface area contributed by atoms with Crippen molar-refractivity contribution in [2.45, 2.75) is 19.4 Å². The van der Waals surface area contributed by atoms with Gasteiger partial charge in [0.1, 0.15) is 5.82 Å². The highest BCUT2D eigenvalue weighted by molar-refractivity contribution is 5.92. The summed E-state index contributed by atoms with van der Waals surface area (Å²) in [5, 5.41) is 7.28. The molecule has 24 heavy (non-hydrogen) atoms. The minimum absolute atomic E-state index is 0.0492. The molecule has 1 aliphatic carbocycles. The molecule has 0 radical (unpaired) electrons. The number of anilines is 1. The second-order valence-corrected chi connectivity index (χ2v) is 6.13. The molecule has 0 unspecified atom stereocenters. The van der Waals surface area contributed by atoms with E-state index in [1.807, 2.05) is 31.4 Å². The Morgan fingerprint density at radius 1 is 1.29 bits per heavy atom. The molecule has 1 amide bonds. The summed E-state index contributed by atoms with van der Waals surface area (Å²) in [4.78, 5) is 16.8. The van der Waals surface area contributed by atoms with E-state index >= 15 is 0 Å². The molecule has 4 rings (SSSR count). The minimum atomic E-state index is 0.0492. The first kappa shape index (κ1) is 14.7. The van der Waals surface area contributed by atoms with Crippen LogP contribution < -0.4 is 5.32 Å². The Hall–Kier alpha value is -2.89. The number of imidazole rings is 1. The van der Waals surface area contributed by atoms with Crippen LogP contribution >= 0.6 is 0 Å². The van der Waals surface area contributed by atoms with Crippen molar-refractivity contribution in [2.75, 3.05) is 5.32 Å². The van der Waals surface area contributed by atoms with Gasteiger partial charge in [0.2, 0.25) is 5.91 Å². The van der Waals surface area contributed by atoms with Crippen LogP contribution in [0.25, 0.3) is 11.0 Å². The zero-order valence-electron chi connectivity index (χ0n) is 13.5. The molecule has 0 saturated carbocycles. The summed E-state index contributed by atoms with van der Waals surface area (Å²) in [5.41, 5.74) is 2.80. The van der Waals surface area contributed by atoms with Gasteiger partial charge in [-0.05, 0) is 25.0 Å². The SMILES string of the molecule is Cn1c(Cn2cc(NC(=O)C3CC=CC3)cn2)nc2ccccc21. The highest BCUT2D eigenvalue weighted by Gasteiger charge is 2.19. The fourth-order valence-corrected chi connectivity index (χ4v) is 3.07. The first-order chi connectivity index (χ1) is 11.7. The van der Waals surface area contributed by atoms with E-state index < -0.39 is 0 Å². The smallest absolute Gasteiger partial charge is 0.228 e. The van der Waals surface area contributed by atoms with Gasteiger partial charge in [-0.3, -0.25) is 9.48 Å². The monoisotopic (exact) mass is 321 g/mol. The van der Waals surface area contributed by atoms with Crippen molar-refractivity contribution in [3.05, 3.63) is 54.6 Å². The number of allylic oxidation sites excluding steroid dienone is 2.